The number of carbonyl (C=O) groups is 2. The van der Waals surface area contributed by atoms with E-state index in [1.54, 1.807) is 6.92 Å². The van der Waals surface area contributed by atoms with Gasteiger partial charge in [-0.3, -0.25) is 0 Å². The van der Waals surface area contributed by atoms with E-state index in [0.29, 0.717) is 11.5 Å². The largest absolute Gasteiger partial charge is 0.493 e. The molecule has 0 aliphatic heterocycles. The van der Waals surface area contributed by atoms with Crippen molar-refractivity contribution in [1.82, 2.24) is 0 Å². The van der Waals surface area contributed by atoms with Crippen LogP contribution in [-0.4, -0.2) is 43.0 Å². The van der Waals surface area contributed by atoms with E-state index in [2.05, 4.69) is 20.1 Å². The summed E-state index contributed by atoms with van der Waals surface area (Å²) in [5.74, 6) is 0.718. The highest BCUT2D eigenvalue weighted by atomic mass is 16.5. The van der Waals surface area contributed by atoms with E-state index in [9.17, 15) is 14.7 Å². The van der Waals surface area contributed by atoms with E-state index in [1.165, 1.54) is 58.3 Å². The first kappa shape index (κ1) is 29.6. The van der Waals surface area contributed by atoms with Gasteiger partial charge in [0.2, 0.25) is 0 Å². The molecular formula is C30H44O6. The molecule has 1 aliphatic rings. The summed E-state index contributed by atoms with van der Waals surface area (Å²) in [5, 5.41) is 9.55. The Morgan fingerprint density at radius 2 is 1.56 bits per heavy atom. The van der Waals surface area contributed by atoms with Crippen molar-refractivity contribution in [3.05, 3.63) is 54.1 Å². The molecule has 0 amide bonds. The molecule has 0 spiro atoms. The number of hydrogen-bond acceptors (Lipinski definition) is 6. The van der Waals surface area contributed by atoms with Crippen molar-refractivity contribution < 1.29 is 28.9 Å². The van der Waals surface area contributed by atoms with Crippen LogP contribution in [0.4, 0.5) is 0 Å². The monoisotopic (exact) mass is 500 g/mol. The van der Waals surface area contributed by atoms with Crippen LogP contribution in [0.2, 0.25) is 0 Å². The molecule has 0 aromatic heterocycles. The van der Waals surface area contributed by atoms with E-state index >= 15 is 0 Å². The molecule has 1 aromatic carbocycles. The van der Waals surface area contributed by atoms with E-state index in [1.807, 2.05) is 24.3 Å². The van der Waals surface area contributed by atoms with Crippen LogP contribution < -0.4 is 4.74 Å². The summed E-state index contributed by atoms with van der Waals surface area (Å²) >= 11 is 0. The number of esters is 2. The van der Waals surface area contributed by atoms with Crippen LogP contribution in [0.1, 0.15) is 83.6 Å². The lowest BCUT2D eigenvalue weighted by atomic mass is 9.80. The minimum atomic E-state index is -0.996. The molecule has 1 N–H and O–H groups in total. The highest BCUT2D eigenvalue weighted by molar-refractivity contribution is 5.88. The molecule has 6 nitrogen and oxygen atoms in total. The van der Waals surface area contributed by atoms with Gasteiger partial charge in [0, 0.05) is 5.57 Å². The van der Waals surface area contributed by atoms with Gasteiger partial charge in [-0.15, -0.1) is 0 Å². The maximum atomic E-state index is 12.1. The fraction of sp³-hybridized carbons (Fsp3) is 0.600. The number of aliphatic hydroxyl groups excluding tert-OH is 1. The minimum Gasteiger partial charge on any atom is -0.493 e. The third-order valence-electron chi connectivity index (χ3n) is 6.97. The number of hydrogen-bond donors (Lipinski definition) is 1. The Labute approximate surface area is 216 Å². The first-order chi connectivity index (χ1) is 17.2. The second-order valence-electron chi connectivity index (χ2n) is 10.1. The SMILES string of the molecule is C=C(C)C(=O)OCC(COC(=O)C(=C)C(C)O)c1ccc(OCC2CCC(CCCCC)CC2)cc1. The molecule has 1 aliphatic carbocycles. The molecular weight excluding hydrogens is 456 g/mol. The number of unbranched alkanes of at least 4 members (excludes halogenated alkanes) is 2. The number of ether oxygens (including phenoxy) is 3. The molecule has 1 saturated carbocycles. The fourth-order valence-electron chi connectivity index (χ4n) is 4.40. The Morgan fingerprint density at radius 1 is 0.972 bits per heavy atom. The summed E-state index contributed by atoms with van der Waals surface area (Å²) in [6.45, 7) is 13.2. The van der Waals surface area contributed by atoms with Gasteiger partial charge in [0.1, 0.15) is 19.0 Å². The first-order valence-corrected chi connectivity index (χ1v) is 13.3. The van der Waals surface area contributed by atoms with Crippen LogP contribution in [0.15, 0.2) is 48.6 Å². The Bertz CT molecular complexity index is 849. The molecule has 0 bridgehead atoms. The van der Waals surface area contributed by atoms with Gasteiger partial charge in [-0.05, 0) is 56.2 Å². The Balaban J connectivity index is 1.89. The Morgan fingerprint density at radius 3 is 2.11 bits per heavy atom. The van der Waals surface area contributed by atoms with E-state index in [4.69, 9.17) is 14.2 Å². The van der Waals surface area contributed by atoms with Gasteiger partial charge in [-0.1, -0.05) is 70.7 Å². The molecule has 2 unspecified atom stereocenters. The Kier molecular flexibility index (Phi) is 12.8. The molecule has 0 radical (unpaired) electrons. The van der Waals surface area contributed by atoms with Gasteiger partial charge in [-0.2, -0.15) is 0 Å². The number of aliphatic hydroxyl groups is 1. The fourth-order valence-corrected chi connectivity index (χ4v) is 4.40. The lowest BCUT2D eigenvalue weighted by molar-refractivity contribution is -0.143. The van der Waals surface area contributed by atoms with E-state index in [0.717, 1.165) is 23.8 Å². The summed E-state index contributed by atoms with van der Waals surface area (Å²) in [4.78, 5) is 24.0. The summed E-state index contributed by atoms with van der Waals surface area (Å²) < 4.78 is 16.7. The maximum absolute atomic E-state index is 12.1. The second kappa shape index (κ2) is 15.5. The van der Waals surface area contributed by atoms with Crippen LogP contribution in [0.25, 0.3) is 0 Å². The van der Waals surface area contributed by atoms with Gasteiger partial charge in [0.25, 0.3) is 0 Å². The van der Waals surface area contributed by atoms with Crippen molar-refractivity contribution in [2.24, 2.45) is 11.8 Å². The second-order valence-corrected chi connectivity index (χ2v) is 10.1. The summed E-state index contributed by atoms with van der Waals surface area (Å²) in [5.41, 5.74) is 1.12. The molecule has 1 fully saturated rings. The van der Waals surface area contributed by atoms with Crippen molar-refractivity contribution in [1.29, 1.82) is 0 Å². The summed E-state index contributed by atoms with van der Waals surface area (Å²) in [7, 11) is 0. The van der Waals surface area contributed by atoms with Gasteiger partial charge >= 0.3 is 11.9 Å². The number of rotatable bonds is 15. The molecule has 0 saturated heterocycles. The minimum absolute atomic E-state index is 0.0181. The molecule has 2 atom stereocenters. The predicted octanol–water partition coefficient (Wildman–Crippen LogP) is 6.14. The highest BCUT2D eigenvalue weighted by Gasteiger charge is 2.22. The van der Waals surface area contributed by atoms with Crippen molar-refractivity contribution in [2.45, 2.75) is 84.2 Å². The van der Waals surface area contributed by atoms with Crippen LogP contribution in [0, 0.1) is 11.8 Å². The van der Waals surface area contributed by atoms with Crippen LogP contribution in [-0.2, 0) is 19.1 Å². The van der Waals surface area contributed by atoms with Crippen LogP contribution in [0.3, 0.4) is 0 Å². The van der Waals surface area contributed by atoms with Crippen molar-refractivity contribution in [2.75, 3.05) is 19.8 Å². The normalized spacial score (nSPS) is 19.1. The molecule has 200 valence electrons. The zero-order valence-electron chi connectivity index (χ0n) is 22.3. The number of carbonyl (C=O) groups excluding carboxylic acids is 2. The molecule has 1 aromatic rings. The van der Waals surface area contributed by atoms with Gasteiger partial charge in [0.05, 0.1) is 24.2 Å². The zero-order valence-corrected chi connectivity index (χ0v) is 22.3. The van der Waals surface area contributed by atoms with Gasteiger partial charge in [-0.25, -0.2) is 9.59 Å². The van der Waals surface area contributed by atoms with Crippen molar-refractivity contribution in [3.8, 4) is 5.75 Å². The van der Waals surface area contributed by atoms with Crippen molar-refractivity contribution >= 4 is 11.9 Å². The summed E-state index contributed by atoms with van der Waals surface area (Å²) in [6, 6.07) is 7.60. The average molecular weight is 501 g/mol. The third kappa shape index (κ3) is 10.2. The lowest BCUT2D eigenvalue weighted by Crippen LogP contribution is -2.22. The van der Waals surface area contributed by atoms with Gasteiger partial charge in [0.15, 0.2) is 0 Å². The molecule has 36 heavy (non-hydrogen) atoms. The smallest absolute Gasteiger partial charge is 0.336 e. The lowest BCUT2D eigenvalue weighted by Gasteiger charge is -2.28. The quantitative estimate of drug-likeness (QED) is 0.177. The standard InChI is InChI=1S/C30H44O6/c1-6-7-8-9-24-10-12-25(13-11-24)18-34-28-16-14-26(15-17-28)27(19-35-29(32)21(2)3)20-36-30(33)22(4)23(5)31/h14-17,23-25,27,31H,2,4,6-13,18-20H2,1,3,5H3. The Hall–Kier alpha value is -2.60. The molecule has 2 rings (SSSR count). The van der Waals surface area contributed by atoms with Crippen molar-refractivity contribution in [3.63, 3.8) is 0 Å². The third-order valence-corrected chi connectivity index (χ3v) is 6.97. The number of benzene rings is 1. The summed E-state index contributed by atoms with van der Waals surface area (Å²) in [6.07, 6.45) is 9.43. The van der Waals surface area contributed by atoms with Gasteiger partial charge < -0.3 is 19.3 Å². The topological polar surface area (TPSA) is 82.1 Å². The molecule has 0 heterocycles. The zero-order chi connectivity index (χ0) is 26.5. The molecule has 6 heteroatoms. The average Bonchev–Trinajstić information content (AvgIpc) is 2.87. The van der Waals surface area contributed by atoms with Crippen LogP contribution >= 0.6 is 0 Å². The highest BCUT2D eigenvalue weighted by Crippen LogP contribution is 2.32. The van der Waals surface area contributed by atoms with E-state index < -0.39 is 18.0 Å². The van der Waals surface area contributed by atoms with E-state index in [-0.39, 0.29) is 24.7 Å². The first-order valence-electron chi connectivity index (χ1n) is 13.3. The predicted molar refractivity (Wildman–Crippen MR) is 142 cm³/mol. The maximum Gasteiger partial charge on any atom is 0.336 e. The van der Waals surface area contributed by atoms with Crippen LogP contribution in [0.5, 0.6) is 5.75 Å².